The second kappa shape index (κ2) is 6.78. The van der Waals surface area contributed by atoms with Crippen molar-refractivity contribution in [3.8, 4) is 11.5 Å². The molecule has 0 aromatic heterocycles. The minimum absolute atomic E-state index is 0.0460. The zero-order valence-electron chi connectivity index (χ0n) is 10.6. The van der Waals surface area contributed by atoms with E-state index in [9.17, 15) is 4.79 Å². The standard InChI is InChI=1S/C13H19NO3/c1-4-7-17-12-6-5-11(8-13(12)16-3)9-14-10(2)15/h5-6,8H,4,7,9H2,1-3H3,(H,14,15). The van der Waals surface area contributed by atoms with E-state index in [-0.39, 0.29) is 5.91 Å². The van der Waals surface area contributed by atoms with Gasteiger partial charge in [0.25, 0.3) is 0 Å². The molecule has 17 heavy (non-hydrogen) atoms. The van der Waals surface area contributed by atoms with Crippen LogP contribution in [0.1, 0.15) is 25.8 Å². The summed E-state index contributed by atoms with van der Waals surface area (Å²) in [7, 11) is 1.61. The van der Waals surface area contributed by atoms with Gasteiger partial charge in [0.2, 0.25) is 5.91 Å². The van der Waals surface area contributed by atoms with Gasteiger partial charge in [-0.3, -0.25) is 4.79 Å². The van der Waals surface area contributed by atoms with E-state index in [1.54, 1.807) is 7.11 Å². The molecule has 0 saturated heterocycles. The summed E-state index contributed by atoms with van der Waals surface area (Å²) >= 11 is 0. The summed E-state index contributed by atoms with van der Waals surface area (Å²) in [6, 6.07) is 5.66. The molecule has 1 amide bonds. The molecular weight excluding hydrogens is 218 g/mol. The van der Waals surface area contributed by atoms with Crippen molar-refractivity contribution in [1.29, 1.82) is 0 Å². The van der Waals surface area contributed by atoms with Crippen molar-refractivity contribution in [2.45, 2.75) is 26.8 Å². The zero-order chi connectivity index (χ0) is 12.7. The number of ether oxygens (including phenoxy) is 2. The minimum Gasteiger partial charge on any atom is -0.493 e. The molecule has 0 bridgehead atoms. The van der Waals surface area contributed by atoms with Crippen molar-refractivity contribution in [1.82, 2.24) is 5.32 Å². The second-order valence-corrected chi connectivity index (χ2v) is 3.74. The van der Waals surface area contributed by atoms with Crippen molar-refractivity contribution < 1.29 is 14.3 Å². The van der Waals surface area contributed by atoms with E-state index in [0.29, 0.717) is 18.9 Å². The highest BCUT2D eigenvalue weighted by Crippen LogP contribution is 2.28. The molecule has 0 fully saturated rings. The number of nitrogens with one attached hydrogen (secondary N) is 1. The van der Waals surface area contributed by atoms with Gasteiger partial charge < -0.3 is 14.8 Å². The van der Waals surface area contributed by atoms with Crippen LogP contribution in [0.4, 0.5) is 0 Å². The van der Waals surface area contributed by atoms with Crippen LogP contribution < -0.4 is 14.8 Å². The van der Waals surface area contributed by atoms with Gasteiger partial charge in [0.15, 0.2) is 11.5 Å². The SMILES string of the molecule is CCCOc1ccc(CNC(C)=O)cc1OC. The molecule has 0 atom stereocenters. The lowest BCUT2D eigenvalue weighted by Gasteiger charge is -2.11. The third kappa shape index (κ3) is 4.34. The summed E-state index contributed by atoms with van der Waals surface area (Å²) in [4.78, 5) is 10.8. The van der Waals surface area contributed by atoms with Gasteiger partial charge in [-0.15, -0.1) is 0 Å². The van der Waals surface area contributed by atoms with E-state index in [1.165, 1.54) is 6.92 Å². The molecule has 1 aromatic carbocycles. The Morgan fingerprint density at radius 1 is 1.35 bits per heavy atom. The zero-order valence-corrected chi connectivity index (χ0v) is 10.6. The van der Waals surface area contributed by atoms with Crippen LogP contribution in [0.15, 0.2) is 18.2 Å². The molecule has 94 valence electrons. The summed E-state index contributed by atoms with van der Waals surface area (Å²) < 4.78 is 10.8. The predicted molar refractivity (Wildman–Crippen MR) is 66.3 cm³/mol. The molecule has 0 radical (unpaired) electrons. The molecule has 4 heteroatoms. The van der Waals surface area contributed by atoms with E-state index in [1.807, 2.05) is 18.2 Å². The highest BCUT2D eigenvalue weighted by Gasteiger charge is 2.05. The van der Waals surface area contributed by atoms with Gasteiger partial charge in [-0.05, 0) is 24.1 Å². The maximum atomic E-state index is 10.8. The van der Waals surface area contributed by atoms with E-state index < -0.39 is 0 Å². The van der Waals surface area contributed by atoms with Crippen LogP contribution in [0, 0.1) is 0 Å². The van der Waals surface area contributed by atoms with Gasteiger partial charge in [0, 0.05) is 13.5 Å². The molecule has 0 heterocycles. The smallest absolute Gasteiger partial charge is 0.217 e. The summed E-state index contributed by atoms with van der Waals surface area (Å²) in [6.45, 7) is 4.72. The number of carbonyl (C=O) groups excluding carboxylic acids is 1. The van der Waals surface area contributed by atoms with Crippen molar-refractivity contribution in [2.24, 2.45) is 0 Å². The Morgan fingerprint density at radius 2 is 2.12 bits per heavy atom. The van der Waals surface area contributed by atoms with Gasteiger partial charge in [-0.25, -0.2) is 0 Å². The third-order valence-corrected chi connectivity index (χ3v) is 2.23. The number of hydrogen-bond acceptors (Lipinski definition) is 3. The van der Waals surface area contributed by atoms with Crippen molar-refractivity contribution in [3.05, 3.63) is 23.8 Å². The number of methoxy groups -OCH3 is 1. The number of carbonyl (C=O) groups is 1. The summed E-state index contributed by atoms with van der Waals surface area (Å²) in [5.41, 5.74) is 0.987. The predicted octanol–water partition coefficient (Wildman–Crippen LogP) is 2.12. The van der Waals surface area contributed by atoms with Crippen LogP contribution in [0.2, 0.25) is 0 Å². The maximum absolute atomic E-state index is 10.8. The first-order valence-corrected chi connectivity index (χ1v) is 5.71. The number of hydrogen-bond donors (Lipinski definition) is 1. The fraction of sp³-hybridized carbons (Fsp3) is 0.462. The molecule has 0 aliphatic heterocycles. The molecule has 1 aromatic rings. The lowest BCUT2D eigenvalue weighted by Crippen LogP contribution is -2.18. The van der Waals surface area contributed by atoms with Gasteiger partial charge in [-0.1, -0.05) is 13.0 Å². The fourth-order valence-corrected chi connectivity index (χ4v) is 1.38. The molecular formula is C13H19NO3. The summed E-state index contributed by atoms with van der Waals surface area (Å²) in [5.74, 6) is 1.39. The summed E-state index contributed by atoms with van der Waals surface area (Å²) in [6.07, 6.45) is 0.955. The molecule has 0 spiro atoms. The fourth-order valence-electron chi connectivity index (χ4n) is 1.38. The Morgan fingerprint density at radius 3 is 2.71 bits per heavy atom. The lowest BCUT2D eigenvalue weighted by molar-refractivity contribution is -0.119. The number of amides is 1. The number of rotatable bonds is 6. The maximum Gasteiger partial charge on any atom is 0.217 e. The molecule has 0 saturated carbocycles. The molecule has 4 nitrogen and oxygen atoms in total. The van der Waals surface area contributed by atoms with Gasteiger partial charge in [0.05, 0.1) is 13.7 Å². The van der Waals surface area contributed by atoms with Crippen molar-refractivity contribution >= 4 is 5.91 Å². The van der Waals surface area contributed by atoms with E-state index in [4.69, 9.17) is 9.47 Å². The first-order valence-electron chi connectivity index (χ1n) is 5.71. The monoisotopic (exact) mass is 237 g/mol. The normalized spacial score (nSPS) is 9.82. The molecule has 1 N–H and O–H groups in total. The molecule has 0 aliphatic rings. The average Bonchev–Trinajstić information content (AvgIpc) is 2.34. The molecule has 1 rings (SSSR count). The highest BCUT2D eigenvalue weighted by molar-refractivity contribution is 5.72. The first kappa shape index (κ1) is 13.4. The Bertz CT molecular complexity index is 377. The highest BCUT2D eigenvalue weighted by atomic mass is 16.5. The molecule has 0 unspecified atom stereocenters. The van der Waals surface area contributed by atoms with Crippen LogP contribution in [-0.4, -0.2) is 19.6 Å². The van der Waals surface area contributed by atoms with Crippen LogP contribution in [0.5, 0.6) is 11.5 Å². The topological polar surface area (TPSA) is 47.6 Å². The van der Waals surface area contributed by atoms with Crippen LogP contribution in [0.25, 0.3) is 0 Å². The van der Waals surface area contributed by atoms with E-state index in [2.05, 4.69) is 12.2 Å². The van der Waals surface area contributed by atoms with Crippen LogP contribution in [-0.2, 0) is 11.3 Å². The third-order valence-electron chi connectivity index (χ3n) is 2.23. The Labute approximate surface area is 102 Å². The average molecular weight is 237 g/mol. The minimum atomic E-state index is -0.0460. The van der Waals surface area contributed by atoms with E-state index in [0.717, 1.165) is 17.7 Å². The van der Waals surface area contributed by atoms with E-state index >= 15 is 0 Å². The van der Waals surface area contributed by atoms with Gasteiger partial charge in [0.1, 0.15) is 0 Å². The largest absolute Gasteiger partial charge is 0.493 e. The molecule has 0 aliphatic carbocycles. The quantitative estimate of drug-likeness (QED) is 0.824. The lowest BCUT2D eigenvalue weighted by atomic mass is 10.2. The van der Waals surface area contributed by atoms with Crippen molar-refractivity contribution in [2.75, 3.05) is 13.7 Å². The van der Waals surface area contributed by atoms with Gasteiger partial charge in [-0.2, -0.15) is 0 Å². The summed E-state index contributed by atoms with van der Waals surface area (Å²) in [5, 5.41) is 2.74. The first-order chi connectivity index (χ1) is 8.17. The second-order valence-electron chi connectivity index (χ2n) is 3.74. The Balaban J connectivity index is 2.73. The Hall–Kier alpha value is -1.71. The van der Waals surface area contributed by atoms with Crippen molar-refractivity contribution in [3.63, 3.8) is 0 Å². The number of benzene rings is 1. The Kier molecular flexibility index (Phi) is 5.33. The van der Waals surface area contributed by atoms with Crippen LogP contribution >= 0.6 is 0 Å². The van der Waals surface area contributed by atoms with Crippen LogP contribution in [0.3, 0.4) is 0 Å². The van der Waals surface area contributed by atoms with Gasteiger partial charge >= 0.3 is 0 Å².